The summed E-state index contributed by atoms with van der Waals surface area (Å²) in [5.74, 6) is 0.323. The summed E-state index contributed by atoms with van der Waals surface area (Å²) in [5.41, 5.74) is 5.33. The van der Waals surface area contributed by atoms with Gasteiger partial charge in [0.05, 0.1) is 11.1 Å². The van der Waals surface area contributed by atoms with Crippen LogP contribution < -0.4 is 0 Å². The number of carbonyl (C=O) groups is 2. The lowest BCUT2D eigenvalue weighted by Gasteiger charge is -2.37. The molecule has 2 bridgehead atoms. The molecule has 6 rings (SSSR count). The summed E-state index contributed by atoms with van der Waals surface area (Å²) in [6.45, 7) is 6.79. The third-order valence-electron chi connectivity index (χ3n) is 8.51. The molecule has 2 saturated carbocycles. The van der Waals surface area contributed by atoms with Crippen LogP contribution >= 0.6 is 0 Å². The Labute approximate surface area is 212 Å². The van der Waals surface area contributed by atoms with E-state index in [1.165, 1.54) is 16.7 Å². The van der Waals surface area contributed by atoms with E-state index in [1.54, 1.807) is 24.3 Å². The fourth-order valence-corrected chi connectivity index (χ4v) is 7.09. The largest absolute Gasteiger partial charge is 0.455 e. The zero-order valence-electron chi connectivity index (χ0n) is 21.0. The molecule has 0 radical (unpaired) electrons. The van der Waals surface area contributed by atoms with Gasteiger partial charge in [-0.2, -0.15) is 0 Å². The minimum atomic E-state index is -0.458. The Hall–Kier alpha value is -3.40. The molecule has 0 amide bonds. The van der Waals surface area contributed by atoms with E-state index >= 15 is 0 Å². The van der Waals surface area contributed by atoms with Crippen LogP contribution in [0.25, 0.3) is 0 Å². The SMILES string of the molecule is CC(C)(C)c1cccc2c1CC1C2C2C[C@@H]1C(OC(=O)c1ccccc1)C2OC(=O)c1ccccc1. The monoisotopic (exact) mass is 480 g/mol. The summed E-state index contributed by atoms with van der Waals surface area (Å²) in [6.07, 6.45) is 1.01. The van der Waals surface area contributed by atoms with Gasteiger partial charge in [-0.25, -0.2) is 9.59 Å². The summed E-state index contributed by atoms with van der Waals surface area (Å²) in [4.78, 5) is 26.3. The van der Waals surface area contributed by atoms with Crippen molar-refractivity contribution in [2.75, 3.05) is 0 Å². The number of carbonyl (C=O) groups excluding carboxylic acids is 2. The van der Waals surface area contributed by atoms with Crippen molar-refractivity contribution < 1.29 is 19.1 Å². The first-order valence-electron chi connectivity index (χ1n) is 13.0. The lowest BCUT2D eigenvalue weighted by Crippen LogP contribution is -2.45. The van der Waals surface area contributed by atoms with E-state index in [4.69, 9.17) is 9.47 Å². The maximum atomic E-state index is 13.1. The van der Waals surface area contributed by atoms with Crippen molar-refractivity contribution in [3.05, 3.63) is 107 Å². The van der Waals surface area contributed by atoms with Crippen LogP contribution in [0.5, 0.6) is 0 Å². The molecule has 3 aromatic carbocycles. The van der Waals surface area contributed by atoms with Gasteiger partial charge in [-0.1, -0.05) is 75.4 Å². The molecule has 4 nitrogen and oxygen atoms in total. The highest BCUT2D eigenvalue weighted by atomic mass is 16.6. The molecule has 0 heterocycles. The normalized spacial score (nSPS) is 27.9. The smallest absolute Gasteiger partial charge is 0.338 e. The van der Waals surface area contributed by atoms with Crippen molar-refractivity contribution in [1.29, 1.82) is 0 Å². The molecule has 0 spiro atoms. The van der Waals surface area contributed by atoms with E-state index in [1.807, 2.05) is 36.4 Å². The molecule has 4 heteroatoms. The van der Waals surface area contributed by atoms with Crippen LogP contribution in [0.1, 0.15) is 70.5 Å². The van der Waals surface area contributed by atoms with E-state index in [9.17, 15) is 9.59 Å². The Morgan fingerprint density at radius 1 is 0.694 bits per heavy atom. The second-order valence-electron chi connectivity index (χ2n) is 11.6. The summed E-state index contributed by atoms with van der Waals surface area (Å²) in [5, 5.41) is 0. The van der Waals surface area contributed by atoms with Crippen LogP contribution in [-0.4, -0.2) is 24.1 Å². The van der Waals surface area contributed by atoms with Crippen LogP contribution in [0.15, 0.2) is 78.9 Å². The summed E-state index contributed by atoms with van der Waals surface area (Å²) in [7, 11) is 0. The van der Waals surface area contributed by atoms with Crippen LogP contribution in [0.3, 0.4) is 0 Å². The van der Waals surface area contributed by atoms with Gasteiger partial charge in [0.15, 0.2) is 0 Å². The number of ether oxygens (including phenoxy) is 2. The van der Waals surface area contributed by atoms with E-state index in [-0.39, 0.29) is 29.2 Å². The minimum absolute atomic E-state index is 0.0569. The molecule has 0 aromatic heterocycles. The fraction of sp³-hybridized carbons (Fsp3) is 0.375. The van der Waals surface area contributed by atoms with Crippen molar-refractivity contribution in [3.63, 3.8) is 0 Å². The molecular weight excluding hydrogens is 448 g/mol. The summed E-state index contributed by atoms with van der Waals surface area (Å²) < 4.78 is 12.4. The summed E-state index contributed by atoms with van der Waals surface area (Å²) >= 11 is 0. The Balaban J connectivity index is 1.35. The van der Waals surface area contributed by atoms with E-state index in [2.05, 4.69) is 39.0 Å². The Morgan fingerprint density at radius 2 is 1.25 bits per heavy atom. The number of hydrogen-bond donors (Lipinski definition) is 0. The number of esters is 2. The van der Waals surface area contributed by atoms with Gasteiger partial charge in [0.2, 0.25) is 0 Å². The second kappa shape index (κ2) is 8.62. The predicted molar refractivity (Wildman–Crippen MR) is 138 cm³/mol. The zero-order valence-corrected chi connectivity index (χ0v) is 21.0. The highest BCUT2D eigenvalue weighted by molar-refractivity contribution is 5.90. The molecule has 3 aromatic rings. The maximum Gasteiger partial charge on any atom is 0.338 e. The molecule has 0 aliphatic heterocycles. The summed E-state index contributed by atoms with van der Waals surface area (Å²) in [6, 6.07) is 24.9. The fourth-order valence-electron chi connectivity index (χ4n) is 7.09. The molecule has 36 heavy (non-hydrogen) atoms. The molecule has 0 saturated heterocycles. The molecule has 3 aliphatic carbocycles. The highest BCUT2D eigenvalue weighted by Gasteiger charge is 2.63. The van der Waals surface area contributed by atoms with Crippen molar-refractivity contribution >= 4 is 11.9 Å². The van der Waals surface area contributed by atoms with Crippen LogP contribution in [0.2, 0.25) is 0 Å². The molecule has 6 atom stereocenters. The third-order valence-corrected chi connectivity index (χ3v) is 8.51. The van der Waals surface area contributed by atoms with Crippen LogP contribution in [0.4, 0.5) is 0 Å². The van der Waals surface area contributed by atoms with Gasteiger partial charge in [-0.3, -0.25) is 0 Å². The minimum Gasteiger partial charge on any atom is -0.455 e. The lowest BCUT2D eigenvalue weighted by molar-refractivity contribution is -0.0698. The average Bonchev–Trinajstić information content (AvgIpc) is 3.54. The van der Waals surface area contributed by atoms with Crippen molar-refractivity contribution in [1.82, 2.24) is 0 Å². The quantitative estimate of drug-likeness (QED) is 0.409. The van der Waals surface area contributed by atoms with Crippen molar-refractivity contribution in [2.24, 2.45) is 17.8 Å². The lowest BCUT2D eigenvalue weighted by atomic mass is 9.76. The van der Waals surface area contributed by atoms with E-state index in [0.717, 1.165) is 12.8 Å². The Kier molecular flexibility index (Phi) is 5.51. The van der Waals surface area contributed by atoms with Gasteiger partial charge < -0.3 is 9.47 Å². The first-order valence-corrected chi connectivity index (χ1v) is 13.0. The van der Waals surface area contributed by atoms with E-state index < -0.39 is 12.2 Å². The first-order chi connectivity index (χ1) is 17.3. The number of rotatable bonds is 4. The highest BCUT2D eigenvalue weighted by Crippen LogP contribution is 2.63. The first kappa shape index (κ1) is 23.0. The number of benzene rings is 3. The number of hydrogen-bond acceptors (Lipinski definition) is 4. The second-order valence-corrected chi connectivity index (χ2v) is 11.6. The predicted octanol–water partition coefficient (Wildman–Crippen LogP) is 6.34. The van der Waals surface area contributed by atoms with Gasteiger partial charge in [0, 0.05) is 11.8 Å². The number of fused-ring (bicyclic) bond motifs is 7. The molecule has 0 N–H and O–H groups in total. The Morgan fingerprint density at radius 3 is 1.81 bits per heavy atom. The van der Waals surface area contributed by atoms with Crippen LogP contribution in [-0.2, 0) is 21.3 Å². The molecule has 2 fully saturated rings. The zero-order chi connectivity index (χ0) is 25.0. The van der Waals surface area contributed by atoms with Crippen LogP contribution in [0, 0.1) is 17.8 Å². The van der Waals surface area contributed by atoms with Gasteiger partial charge in [-0.05, 0) is 71.0 Å². The molecule has 3 aliphatic rings. The van der Waals surface area contributed by atoms with Gasteiger partial charge in [-0.15, -0.1) is 0 Å². The van der Waals surface area contributed by atoms with Gasteiger partial charge in [0.25, 0.3) is 0 Å². The Bertz CT molecular complexity index is 1290. The van der Waals surface area contributed by atoms with Crippen molar-refractivity contribution in [3.8, 4) is 0 Å². The van der Waals surface area contributed by atoms with Gasteiger partial charge >= 0.3 is 11.9 Å². The standard InChI is InChI=1S/C32H32O4/c1-32(2,3)26-16-10-15-21-22(26)17-23-24-18-25(27(21)23)29(36-31(34)20-13-8-5-9-14-20)28(24)35-30(33)19-11-6-4-7-12-19/h4-16,23-25,27-29H,17-18H2,1-3H3/t23?,24-,25?,27?,28?,29?/m0/s1. The molecular formula is C32H32O4. The van der Waals surface area contributed by atoms with E-state index in [0.29, 0.717) is 23.0 Å². The topological polar surface area (TPSA) is 52.6 Å². The maximum absolute atomic E-state index is 13.1. The average molecular weight is 481 g/mol. The van der Waals surface area contributed by atoms with Gasteiger partial charge in [0.1, 0.15) is 12.2 Å². The van der Waals surface area contributed by atoms with Crippen molar-refractivity contribution in [2.45, 2.75) is 57.2 Å². The third kappa shape index (κ3) is 3.75. The molecule has 5 unspecified atom stereocenters. The molecule has 184 valence electrons.